The Morgan fingerprint density at radius 1 is 2.00 bits per heavy atom. The first-order valence-corrected chi connectivity index (χ1v) is 1.92. The molecule has 0 spiro atoms. The summed E-state index contributed by atoms with van der Waals surface area (Å²) in [6.07, 6.45) is 5.30. The van der Waals surface area contributed by atoms with Crippen LogP contribution >= 0.6 is 0 Å². The van der Waals surface area contributed by atoms with Gasteiger partial charge in [-0.15, -0.1) is 6.42 Å². The van der Waals surface area contributed by atoms with Crippen LogP contribution in [-0.2, 0) is 9.53 Å². The summed E-state index contributed by atoms with van der Waals surface area (Å²) in [5, 5.41) is 6.32. The zero-order valence-electron chi connectivity index (χ0n) is 4.18. The molecule has 1 N–H and O–H groups in total. The van der Waals surface area contributed by atoms with Gasteiger partial charge in [0, 0.05) is 0 Å². The molecule has 0 saturated heterocycles. The van der Waals surface area contributed by atoms with Gasteiger partial charge in [-0.25, -0.2) is 4.79 Å². The monoisotopic (exact) mass is 111 g/mol. The molecule has 0 rings (SSSR count). The topological polar surface area (TPSA) is 50.2 Å². The van der Waals surface area contributed by atoms with Gasteiger partial charge in [0.05, 0.1) is 0 Å². The van der Waals surface area contributed by atoms with Crippen LogP contribution in [-0.4, -0.2) is 18.8 Å². The van der Waals surface area contributed by atoms with Crippen molar-refractivity contribution in [1.82, 2.24) is 0 Å². The average molecular weight is 111 g/mol. The summed E-state index contributed by atoms with van der Waals surface area (Å²) in [5.41, 5.74) is 0. The minimum atomic E-state index is -0.706. The number of terminal acetylenes is 1. The Hall–Kier alpha value is -1.30. The summed E-state index contributed by atoms with van der Waals surface area (Å²) in [6.45, 7) is -0.0613. The summed E-state index contributed by atoms with van der Waals surface area (Å²) in [7, 11) is 0. The van der Waals surface area contributed by atoms with Gasteiger partial charge in [-0.05, 0) is 0 Å². The second kappa shape index (κ2) is 3.88. The summed E-state index contributed by atoms with van der Waals surface area (Å²) >= 11 is 0. The molecule has 0 unspecified atom stereocenters. The van der Waals surface area contributed by atoms with Crippen LogP contribution in [0.25, 0.3) is 0 Å². The van der Waals surface area contributed by atoms with Gasteiger partial charge in [-0.1, -0.05) is 5.92 Å². The largest absolute Gasteiger partial charge is 0.448 e. The van der Waals surface area contributed by atoms with Crippen molar-refractivity contribution >= 4 is 12.2 Å². The summed E-state index contributed by atoms with van der Waals surface area (Å²) in [6, 6.07) is 0. The number of nitrogens with one attached hydrogen (secondary N) is 1. The molecule has 0 aliphatic heterocycles. The van der Waals surface area contributed by atoms with Gasteiger partial charge < -0.3 is 10.1 Å². The second-order valence-corrected chi connectivity index (χ2v) is 0.956. The maximum absolute atomic E-state index is 10.0. The Morgan fingerprint density at radius 3 is 3.00 bits per heavy atom. The standard InChI is InChI=1S/C5H5NO2/c1-2-3-8-5(7)4-6/h1,4,6H,3H2. The molecule has 0 aliphatic carbocycles. The third kappa shape index (κ3) is 2.91. The highest BCUT2D eigenvalue weighted by atomic mass is 16.5. The van der Waals surface area contributed by atoms with E-state index < -0.39 is 5.97 Å². The minimum Gasteiger partial charge on any atom is -0.448 e. The van der Waals surface area contributed by atoms with Gasteiger partial charge in [0.25, 0.3) is 0 Å². The molecule has 0 aromatic heterocycles. The highest BCUT2D eigenvalue weighted by Gasteiger charge is 1.90. The van der Waals surface area contributed by atoms with Crippen molar-refractivity contribution in [2.75, 3.05) is 6.61 Å². The molecule has 8 heavy (non-hydrogen) atoms. The van der Waals surface area contributed by atoms with Gasteiger partial charge in [0.15, 0.2) is 6.61 Å². The molecule has 3 heteroatoms. The van der Waals surface area contributed by atoms with E-state index in [0.29, 0.717) is 6.21 Å². The highest BCUT2D eigenvalue weighted by molar-refractivity contribution is 6.21. The lowest BCUT2D eigenvalue weighted by atomic mass is 10.7. The van der Waals surface area contributed by atoms with E-state index in [0.717, 1.165) is 0 Å². The predicted octanol–water partition coefficient (Wildman–Crippen LogP) is -0.188. The van der Waals surface area contributed by atoms with Crippen LogP contribution < -0.4 is 0 Å². The maximum Gasteiger partial charge on any atom is 0.349 e. The van der Waals surface area contributed by atoms with Crippen molar-refractivity contribution < 1.29 is 9.53 Å². The van der Waals surface area contributed by atoms with Gasteiger partial charge >= 0.3 is 5.97 Å². The van der Waals surface area contributed by atoms with E-state index in [2.05, 4.69) is 10.7 Å². The first-order chi connectivity index (χ1) is 3.81. The molecule has 0 aromatic carbocycles. The fourth-order valence-electron chi connectivity index (χ4n) is 0.154. The van der Waals surface area contributed by atoms with E-state index in [4.69, 9.17) is 11.8 Å². The Balaban J connectivity index is 3.28. The van der Waals surface area contributed by atoms with E-state index in [1.807, 2.05) is 0 Å². The number of hydrogen-bond donors (Lipinski definition) is 1. The lowest BCUT2D eigenvalue weighted by Gasteiger charge is -1.89. The van der Waals surface area contributed by atoms with Crippen LogP contribution in [0.4, 0.5) is 0 Å². The third-order valence-electron chi connectivity index (χ3n) is 0.416. The first kappa shape index (κ1) is 6.70. The summed E-state index contributed by atoms with van der Waals surface area (Å²) < 4.78 is 4.22. The Bertz CT molecular complexity index is 134. The Morgan fingerprint density at radius 2 is 2.62 bits per heavy atom. The molecule has 3 nitrogen and oxygen atoms in total. The van der Waals surface area contributed by atoms with Crippen molar-refractivity contribution in [2.45, 2.75) is 0 Å². The van der Waals surface area contributed by atoms with Crippen molar-refractivity contribution in [3.05, 3.63) is 0 Å². The summed E-state index contributed by atoms with van der Waals surface area (Å²) in [4.78, 5) is 10.0. The van der Waals surface area contributed by atoms with Crippen LogP contribution in [0.5, 0.6) is 0 Å². The molecular formula is C5H5NO2. The van der Waals surface area contributed by atoms with Gasteiger partial charge in [-0.3, -0.25) is 0 Å². The van der Waals surface area contributed by atoms with Crippen LogP contribution in [0.1, 0.15) is 0 Å². The number of carbonyl (C=O) groups is 1. The van der Waals surface area contributed by atoms with Crippen LogP contribution in [0.15, 0.2) is 0 Å². The molecule has 0 saturated carbocycles. The van der Waals surface area contributed by atoms with Crippen molar-refractivity contribution in [2.24, 2.45) is 0 Å². The number of rotatable bonds is 2. The van der Waals surface area contributed by atoms with Crippen molar-refractivity contribution in [3.8, 4) is 12.3 Å². The molecule has 0 aliphatic rings. The lowest BCUT2D eigenvalue weighted by Crippen LogP contribution is -2.03. The number of ether oxygens (including phenoxy) is 1. The molecule has 0 radical (unpaired) electrons. The average Bonchev–Trinajstić information content (AvgIpc) is 1.83. The molecule has 0 atom stereocenters. The first-order valence-electron chi connectivity index (χ1n) is 1.92. The minimum absolute atomic E-state index is 0.0613. The lowest BCUT2D eigenvalue weighted by molar-refractivity contribution is -0.133. The number of hydrogen-bond acceptors (Lipinski definition) is 3. The third-order valence-corrected chi connectivity index (χ3v) is 0.416. The number of carbonyl (C=O) groups excluding carboxylic acids is 1. The van der Waals surface area contributed by atoms with E-state index in [1.165, 1.54) is 0 Å². The Kier molecular flexibility index (Phi) is 3.25. The maximum atomic E-state index is 10.0. The Labute approximate surface area is 47.2 Å². The smallest absolute Gasteiger partial charge is 0.349 e. The number of esters is 1. The zero-order chi connectivity index (χ0) is 6.41. The molecule has 0 amide bonds. The quantitative estimate of drug-likeness (QED) is 0.305. The zero-order valence-corrected chi connectivity index (χ0v) is 4.18. The van der Waals surface area contributed by atoms with Crippen LogP contribution in [0, 0.1) is 17.8 Å². The molecular weight excluding hydrogens is 106 g/mol. The normalized spacial score (nSPS) is 6.88. The van der Waals surface area contributed by atoms with Crippen molar-refractivity contribution in [3.63, 3.8) is 0 Å². The van der Waals surface area contributed by atoms with Gasteiger partial charge in [0.2, 0.25) is 0 Å². The SMILES string of the molecule is C#CCOC(=O)C=N. The van der Waals surface area contributed by atoms with E-state index in [1.54, 1.807) is 0 Å². The fraction of sp³-hybridized carbons (Fsp3) is 0.200. The molecule has 0 bridgehead atoms. The fourth-order valence-corrected chi connectivity index (χ4v) is 0.154. The van der Waals surface area contributed by atoms with Crippen LogP contribution in [0.3, 0.4) is 0 Å². The molecule has 42 valence electrons. The summed E-state index contributed by atoms with van der Waals surface area (Å²) in [5.74, 6) is 1.38. The second-order valence-electron chi connectivity index (χ2n) is 0.956. The van der Waals surface area contributed by atoms with E-state index in [9.17, 15) is 4.79 Å². The van der Waals surface area contributed by atoms with Crippen molar-refractivity contribution in [1.29, 1.82) is 5.41 Å². The highest BCUT2D eigenvalue weighted by Crippen LogP contribution is 1.69. The molecule has 0 aromatic rings. The van der Waals surface area contributed by atoms with E-state index >= 15 is 0 Å². The molecule has 0 heterocycles. The van der Waals surface area contributed by atoms with Crippen LogP contribution in [0.2, 0.25) is 0 Å². The molecule has 0 fully saturated rings. The van der Waals surface area contributed by atoms with E-state index in [-0.39, 0.29) is 6.61 Å². The van der Waals surface area contributed by atoms with Gasteiger partial charge in [-0.2, -0.15) is 0 Å². The van der Waals surface area contributed by atoms with Gasteiger partial charge in [0.1, 0.15) is 6.21 Å². The predicted molar refractivity (Wildman–Crippen MR) is 28.6 cm³/mol.